The molecule has 0 radical (unpaired) electrons. The summed E-state index contributed by atoms with van der Waals surface area (Å²) in [5.41, 5.74) is 5.89. The molecule has 8 heteroatoms. The Morgan fingerprint density at radius 2 is 1.71 bits per heavy atom. The van der Waals surface area contributed by atoms with E-state index in [2.05, 4.69) is 0 Å². The van der Waals surface area contributed by atoms with Crippen molar-refractivity contribution in [3.05, 3.63) is 23.2 Å². The lowest BCUT2D eigenvalue weighted by molar-refractivity contribution is 0.381. The Bertz CT molecular complexity index is 397. The smallest absolute Gasteiger partial charge is 0.394 e. The van der Waals surface area contributed by atoms with Crippen LogP contribution in [0.15, 0.2) is 18.2 Å². The summed E-state index contributed by atoms with van der Waals surface area (Å²) in [6, 6.07) is 4.54. The van der Waals surface area contributed by atoms with E-state index in [0.29, 0.717) is 5.69 Å². The van der Waals surface area contributed by atoms with E-state index in [0.717, 1.165) is 0 Å². The van der Waals surface area contributed by atoms with Crippen LogP contribution in [0, 0.1) is 0 Å². The second kappa shape index (κ2) is 5.01. The van der Waals surface area contributed by atoms with Gasteiger partial charge in [0.2, 0.25) is 0 Å². The highest BCUT2D eigenvalue weighted by molar-refractivity contribution is 7.79. The molecule has 0 aliphatic heterocycles. The largest absolute Gasteiger partial charge is 0.506 e. The predicted molar refractivity (Wildman–Crippen MR) is 51.7 cm³/mol. The van der Waals surface area contributed by atoms with Gasteiger partial charge in [-0.3, -0.25) is 9.11 Å². The van der Waals surface area contributed by atoms with Gasteiger partial charge < -0.3 is 10.8 Å². The minimum Gasteiger partial charge on any atom is -0.506 e. The van der Waals surface area contributed by atoms with Crippen molar-refractivity contribution in [1.82, 2.24) is 0 Å². The molecule has 0 aliphatic rings. The summed E-state index contributed by atoms with van der Waals surface area (Å²) in [6.45, 7) is 0. The predicted octanol–water partition coefficient (Wildman–Crippen LogP) is 0.975. The fourth-order valence-corrected chi connectivity index (χ4v) is 0.712. The number of hydrogen-bond acceptors (Lipinski definition) is 4. The molecule has 0 atom stereocenters. The van der Waals surface area contributed by atoms with E-state index >= 15 is 0 Å². The minimum atomic E-state index is -4.67. The molecular weight excluding hydrogens is 234 g/mol. The van der Waals surface area contributed by atoms with Crippen LogP contribution >= 0.6 is 11.6 Å². The van der Waals surface area contributed by atoms with Crippen molar-refractivity contribution in [3.63, 3.8) is 0 Å². The highest BCUT2D eigenvalue weighted by atomic mass is 35.5. The van der Waals surface area contributed by atoms with Gasteiger partial charge in [0, 0.05) is 5.69 Å². The molecule has 14 heavy (non-hydrogen) atoms. The number of aromatic hydroxyl groups is 1. The number of anilines is 1. The van der Waals surface area contributed by atoms with Gasteiger partial charge in [-0.25, -0.2) is 0 Å². The fraction of sp³-hybridized carbons (Fsp3) is 0. The maximum Gasteiger partial charge on any atom is 0.394 e. The molecule has 6 nitrogen and oxygen atoms in total. The molecule has 0 heterocycles. The van der Waals surface area contributed by atoms with Crippen molar-refractivity contribution in [3.8, 4) is 5.75 Å². The van der Waals surface area contributed by atoms with Crippen LogP contribution in [0.5, 0.6) is 5.75 Å². The third kappa shape index (κ3) is 7.62. The van der Waals surface area contributed by atoms with Crippen LogP contribution < -0.4 is 5.73 Å². The van der Waals surface area contributed by atoms with Crippen LogP contribution in [0.2, 0.25) is 5.02 Å². The number of benzene rings is 1. The van der Waals surface area contributed by atoms with Gasteiger partial charge in [-0.15, -0.1) is 0 Å². The fourth-order valence-electron chi connectivity index (χ4n) is 0.523. The SMILES string of the molecule is Nc1ccc(O)c(Cl)c1.O=S(=O)(O)O. The summed E-state index contributed by atoms with van der Waals surface area (Å²) in [5, 5.41) is 9.14. The molecule has 0 fully saturated rings. The van der Waals surface area contributed by atoms with E-state index in [4.69, 9.17) is 40.0 Å². The van der Waals surface area contributed by atoms with Gasteiger partial charge in [0.05, 0.1) is 5.02 Å². The quantitative estimate of drug-likeness (QED) is 0.305. The van der Waals surface area contributed by atoms with Crippen molar-refractivity contribution < 1.29 is 22.6 Å². The molecule has 0 amide bonds. The van der Waals surface area contributed by atoms with Gasteiger partial charge in [-0.05, 0) is 18.2 Å². The normalized spacial score (nSPS) is 10.2. The highest BCUT2D eigenvalue weighted by Crippen LogP contribution is 2.24. The van der Waals surface area contributed by atoms with Crippen molar-refractivity contribution >= 4 is 27.7 Å². The maximum absolute atomic E-state index is 8.86. The van der Waals surface area contributed by atoms with Crippen LogP contribution in [0.25, 0.3) is 0 Å². The maximum atomic E-state index is 8.86. The lowest BCUT2D eigenvalue weighted by Crippen LogP contribution is -1.89. The first-order valence-electron chi connectivity index (χ1n) is 3.14. The molecule has 80 valence electrons. The van der Waals surface area contributed by atoms with Gasteiger partial charge in [-0.1, -0.05) is 11.6 Å². The lowest BCUT2D eigenvalue weighted by atomic mass is 10.3. The third-order valence-electron chi connectivity index (χ3n) is 0.972. The van der Waals surface area contributed by atoms with Crippen molar-refractivity contribution in [2.45, 2.75) is 0 Å². The average Bonchev–Trinajstić information content (AvgIpc) is 1.94. The Kier molecular flexibility index (Phi) is 4.64. The molecule has 1 aromatic rings. The molecule has 0 spiro atoms. The molecule has 1 rings (SSSR count). The number of hydrogen-bond donors (Lipinski definition) is 4. The summed E-state index contributed by atoms with van der Waals surface area (Å²) in [5.74, 6) is 0.0610. The van der Waals surface area contributed by atoms with Crippen LogP contribution in [0.1, 0.15) is 0 Å². The standard InChI is InChI=1S/C6H6ClNO.H2O4S/c7-5-3-4(8)1-2-6(5)9;1-5(2,3)4/h1-3,9H,8H2;(H2,1,2,3,4). The molecule has 5 N–H and O–H groups in total. The van der Waals surface area contributed by atoms with Crippen LogP contribution in [-0.2, 0) is 10.4 Å². The Morgan fingerprint density at radius 1 is 1.29 bits per heavy atom. The van der Waals surface area contributed by atoms with Crippen LogP contribution in [-0.4, -0.2) is 22.6 Å². The summed E-state index contributed by atoms with van der Waals surface area (Å²) in [7, 11) is -4.67. The summed E-state index contributed by atoms with van der Waals surface area (Å²) < 4.78 is 31.6. The second-order valence-electron chi connectivity index (χ2n) is 2.16. The van der Waals surface area contributed by atoms with Crippen molar-refractivity contribution in [2.24, 2.45) is 0 Å². The number of phenols is 1. The Hall–Kier alpha value is -1.02. The molecule has 0 aliphatic carbocycles. The first-order chi connectivity index (χ1) is 6.20. The number of nitrogen functional groups attached to an aromatic ring is 1. The van der Waals surface area contributed by atoms with Gasteiger partial charge in [0.1, 0.15) is 5.75 Å². The van der Waals surface area contributed by atoms with Crippen molar-refractivity contribution in [2.75, 3.05) is 5.73 Å². The summed E-state index contributed by atoms with van der Waals surface area (Å²) >= 11 is 5.48. The van der Waals surface area contributed by atoms with Gasteiger partial charge >= 0.3 is 10.4 Å². The Balaban J connectivity index is 0.000000292. The first-order valence-corrected chi connectivity index (χ1v) is 4.91. The second-order valence-corrected chi connectivity index (χ2v) is 3.46. The third-order valence-corrected chi connectivity index (χ3v) is 1.27. The zero-order valence-electron chi connectivity index (χ0n) is 6.75. The van der Waals surface area contributed by atoms with E-state index in [1.807, 2.05) is 0 Å². The topological polar surface area (TPSA) is 121 Å². The Labute approximate surface area is 85.5 Å². The van der Waals surface area contributed by atoms with Gasteiger partial charge in [-0.2, -0.15) is 8.42 Å². The van der Waals surface area contributed by atoms with E-state index in [1.54, 1.807) is 6.07 Å². The van der Waals surface area contributed by atoms with E-state index in [9.17, 15) is 0 Å². The number of phenolic OH excluding ortho intramolecular Hbond substituents is 1. The molecule has 0 unspecified atom stereocenters. The van der Waals surface area contributed by atoms with Crippen LogP contribution in [0.3, 0.4) is 0 Å². The highest BCUT2D eigenvalue weighted by Gasteiger charge is 1.94. The van der Waals surface area contributed by atoms with Crippen molar-refractivity contribution in [1.29, 1.82) is 0 Å². The molecule has 1 aromatic carbocycles. The molecular formula is C6H8ClNO5S. The molecule has 0 aromatic heterocycles. The summed E-state index contributed by atoms with van der Waals surface area (Å²) in [6.07, 6.45) is 0. The van der Waals surface area contributed by atoms with Gasteiger partial charge in [0.25, 0.3) is 0 Å². The monoisotopic (exact) mass is 241 g/mol. The molecule has 0 saturated heterocycles. The zero-order valence-corrected chi connectivity index (χ0v) is 8.33. The lowest BCUT2D eigenvalue weighted by Gasteiger charge is -1.95. The average molecular weight is 242 g/mol. The van der Waals surface area contributed by atoms with E-state index in [1.165, 1.54) is 12.1 Å². The minimum absolute atomic E-state index is 0.0610. The first kappa shape index (κ1) is 13.0. The zero-order chi connectivity index (χ0) is 11.4. The molecule has 0 saturated carbocycles. The molecule has 0 bridgehead atoms. The number of nitrogens with two attached hydrogens (primary N) is 1. The van der Waals surface area contributed by atoms with E-state index < -0.39 is 10.4 Å². The van der Waals surface area contributed by atoms with Crippen LogP contribution in [0.4, 0.5) is 5.69 Å². The van der Waals surface area contributed by atoms with E-state index in [-0.39, 0.29) is 10.8 Å². The Morgan fingerprint density at radius 3 is 2.00 bits per heavy atom. The van der Waals surface area contributed by atoms with Gasteiger partial charge in [0.15, 0.2) is 0 Å². The number of rotatable bonds is 0. The number of halogens is 1. The summed E-state index contributed by atoms with van der Waals surface area (Å²) in [4.78, 5) is 0.